The molecule has 0 aromatic heterocycles. The van der Waals surface area contributed by atoms with Crippen molar-refractivity contribution in [2.24, 2.45) is 0 Å². The number of imide groups is 1. The summed E-state index contributed by atoms with van der Waals surface area (Å²) in [5, 5.41) is 4.49. The molecule has 2 rings (SSSR count). The quantitative estimate of drug-likeness (QED) is 0.626. The van der Waals surface area contributed by atoms with Crippen molar-refractivity contribution in [1.29, 1.82) is 0 Å². The number of rotatable bonds is 6. The van der Waals surface area contributed by atoms with Crippen LogP contribution in [0.5, 0.6) is 0 Å². The van der Waals surface area contributed by atoms with Gasteiger partial charge in [0.25, 0.3) is 5.91 Å². The van der Waals surface area contributed by atoms with Crippen LogP contribution in [0.1, 0.15) is 38.1 Å². The molecule has 30 heavy (non-hydrogen) atoms. The van der Waals surface area contributed by atoms with Gasteiger partial charge in [-0.15, -0.1) is 0 Å². The number of benzene rings is 1. The van der Waals surface area contributed by atoms with Crippen LogP contribution in [0, 0.1) is 0 Å². The molecule has 166 valence electrons. The molecule has 2 unspecified atom stereocenters. The molecule has 2 N–H and O–H groups in total. The highest BCUT2D eigenvalue weighted by atomic mass is 32.2. The van der Waals surface area contributed by atoms with Gasteiger partial charge in [-0.25, -0.2) is 18.0 Å². The first-order chi connectivity index (χ1) is 14.0. The minimum absolute atomic E-state index is 0.0233. The van der Waals surface area contributed by atoms with Gasteiger partial charge in [-0.3, -0.25) is 10.1 Å². The molecule has 10 nitrogen and oxygen atoms in total. The lowest BCUT2D eigenvalue weighted by molar-refractivity contribution is -0.123. The van der Waals surface area contributed by atoms with Crippen molar-refractivity contribution in [3.8, 4) is 0 Å². The maximum atomic E-state index is 12.9. The summed E-state index contributed by atoms with van der Waals surface area (Å²) in [4.78, 5) is 35.4. The fraction of sp³-hybridized carbons (Fsp3) is 0.526. The Hall–Kier alpha value is -2.50. The molecule has 1 aromatic carbocycles. The van der Waals surface area contributed by atoms with Crippen molar-refractivity contribution < 1.29 is 32.3 Å². The maximum Gasteiger partial charge on any atom is 0.338 e. The number of hydrogen-bond acceptors (Lipinski definition) is 7. The second kappa shape index (κ2) is 10.0. The molecule has 0 aliphatic carbocycles. The van der Waals surface area contributed by atoms with E-state index in [0.29, 0.717) is 0 Å². The molecule has 2 atom stereocenters. The molecule has 1 aliphatic rings. The number of amides is 3. The van der Waals surface area contributed by atoms with Crippen molar-refractivity contribution in [2.75, 3.05) is 19.7 Å². The number of carbonyl (C=O) groups excluding carboxylic acids is 3. The minimum atomic E-state index is -3.83. The lowest BCUT2D eigenvalue weighted by Crippen LogP contribution is -2.48. The Kier molecular flexibility index (Phi) is 7.93. The van der Waals surface area contributed by atoms with Gasteiger partial charge in [0.1, 0.15) is 0 Å². The van der Waals surface area contributed by atoms with Gasteiger partial charge in [0.15, 0.2) is 6.61 Å². The summed E-state index contributed by atoms with van der Waals surface area (Å²) in [6.45, 7) is 6.77. The van der Waals surface area contributed by atoms with Gasteiger partial charge in [0.05, 0.1) is 22.7 Å². The molecule has 0 spiro atoms. The Balaban J connectivity index is 2.03. The second-order valence-corrected chi connectivity index (χ2v) is 9.30. The topological polar surface area (TPSA) is 131 Å². The largest absolute Gasteiger partial charge is 0.452 e. The van der Waals surface area contributed by atoms with Crippen LogP contribution in [0.3, 0.4) is 0 Å². The van der Waals surface area contributed by atoms with E-state index in [2.05, 4.69) is 5.32 Å². The standard InChI is InChI=1S/C19H27N3O7S/c1-12(2)20-19(25)21-17(23)11-28-18(24)15-6-5-7-16(8-15)30(26,27)22-9-13(3)29-14(4)10-22/h5-8,12-14H,9-11H2,1-4H3,(H2,20,21,23,25). The van der Waals surface area contributed by atoms with Gasteiger partial charge in [0, 0.05) is 19.1 Å². The van der Waals surface area contributed by atoms with Gasteiger partial charge >= 0.3 is 12.0 Å². The zero-order valence-corrected chi connectivity index (χ0v) is 18.2. The third-order valence-corrected chi connectivity index (χ3v) is 5.93. The fourth-order valence-electron chi connectivity index (χ4n) is 2.93. The smallest absolute Gasteiger partial charge is 0.338 e. The molecule has 0 radical (unpaired) electrons. The number of sulfonamides is 1. The van der Waals surface area contributed by atoms with Crippen LogP contribution < -0.4 is 10.6 Å². The Labute approximate surface area is 176 Å². The first-order valence-corrected chi connectivity index (χ1v) is 11.0. The average Bonchev–Trinajstić information content (AvgIpc) is 2.64. The molecular formula is C19H27N3O7S. The summed E-state index contributed by atoms with van der Waals surface area (Å²) < 4.78 is 37.6. The monoisotopic (exact) mass is 441 g/mol. The van der Waals surface area contributed by atoms with Crippen LogP contribution in [0.15, 0.2) is 29.2 Å². The molecule has 11 heteroatoms. The normalized spacial score (nSPS) is 19.9. The predicted octanol–water partition coefficient (Wildman–Crippen LogP) is 0.876. The number of nitrogens with zero attached hydrogens (tertiary/aromatic N) is 1. The summed E-state index contributed by atoms with van der Waals surface area (Å²) in [7, 11) is -3.83. The van der Waals surface area contributed by atoms with E-state index in [4.69, 9.17) is 9.47 Å². The van der Waals surface area contributed by atoms with Crippen molar-refractivity contribution in [3.63, 3.8) is 0 Å². The van der Waals surface area contributed by atoms with E-state index in [1.807, 2.05) is 5.32 Å². The number of hydrogen-bond donors (Lipinski definition) is 2. The molecule has 1 saturated heterocycles. The molecule has 1 heterocycles. The summed E-state index contributed by atoms with van der Waals surface area (Å²) in [5.41, 5.74) is -0.0233. The zero-order valence-electron chi connectivity index (χ0n) is 17.4. The SMILES string of the molecule is CC(C)NC(=O)NC(=O)COC(=O)c1cccc(S(=O)(=O)N2CC(C)OC(C)C2)c1. The van der Waals surface area contributed by atoms with Crippen LogP contribution in [0.25, 0.3) is 0 Å². The number of esters is 1. The Morgan fingerprint density at radius 2 is 1.83 bits per heavy atom. The molecule has 1 fully saturated rings. The van der Waals surface area contributed by atoms with Crippen molar-refractivity contribution in [1.82, 2.24) is 14.9 Å². The Bertz CT molecular complexity index is 891. The van der Waals surface area contributed by atoms with E-state index in [1.54, 1.807) is 27.7 Å². The Morgan fingerprint density at radius 1 is 1.20 bits per heavy atom. The lowest BCUT2D eigenvalue weighted by atomic mass is 10.2. The summed E-state index contributed by atoms with van der Waals surface area (Å²) in [6, 6.07) is 4.53. The van der Waals surface area contributed by atoms with Crippen LogP contribution in [0.4, 0.5) is 4.79 Å². The van der Waals surface area contributed by atoms with Crippen molar-refractivity contribution in [2.45, 2.75) is 50.8 Å². The van der Waals surface area contributed by atoms with Crippen molar-refractivity contribution >= 4 is 27.9 Å². The highest BCUT2D eigenvalue weighted by molar-refractivity contribution is 7.89. The number of urea groups is 1. The minimum Gasteiger partial charge on any atom is -0.452 e. The van der Waals surface area contributed by atoms with Gasteiger partial charge in [0.2, 0.25) is 10.0 Å². The van der Waals surface area contributed by atoms with E-state index in [0.717, 1.165) is 0 Å². The van der Waals surface area contributed by atoms with Gasteiger partial charge in [-0.1, -0.05) is 6.07 Å². The fourth-order valence-corrected chi connectivity index (χ4v) is 4.57. The third kappa shape index (κ3) is 6.51. The average molecular weight is 442 g/mol. The summed E-state index contributed by atoms with van der Waals surface area (Å²) in [6.07, 6.45) is -0.494. The van der Waals surface area contributed by atoms with Gasteiger partial charge in [-0.05, 0) is 45.9 Å². The Morgan fingerprint density at radius 3 is 2.43 bits per heavy atom. The van der Waals surface area contributed by atoms with Crippen LogP contribution in [0.2, 0.25) is 0 Å². The molecule has 0 bridgehead atoms. The number of ether oxygens (including phenoxy) is 2. The molecule has 1 aliphatic heterocycles. The number of carbonyl (C=O) groups is 3. The maximum absolute atomic E-state index is 12.9. The number of morpholine rings is 1. The lowest BCUT2D eigenvalue weighted by Gasteiger charge is -2.34. The van der Waals surface area contributed by atoms with Gasteiger partial charge < -0.3 is 14.8 Å². The van der Waals surface area contributed by atoms with Gasteiger partial charge in [-0.2, -0.15) is 4.31 Å². The third-order valence-electron chi connectivity index (χ3n) is 4.10. The summed E-state index contributed by atoms with van der Waals surface area (Å²) in [5.74, 6) is -1.68. The van der Waals surface area contributed by atoms with Crippen molar-refractivity contribution in [3.05, 3.63) is 29.8 Å². The predicted molar refractivity (Wildman–Crippen MR) is 107 cm³/mol. The first-order valence-electron chi connectivity index (χ1n) is 9.52. The second-order valence-electron chi connectivity index (χ2n) is 7.36. The molecule has 1 aromatic rings. The van der Waals surface area contributed by atoms with E-state index >= 15 is 0 Å². The van der Waals surface area contributed by atoms with Crippen LogP contribution in [-0.2, 0) is 24.3 Å². The van der Waals surface area contributed by atoms with Crippen LogP contribution in [-0.4, -0.2) is 68.6 Å². The highest BCUT2D eigenvalue weighted by Crippen LogP contribution is 2.22. The van der Waals surface area contributed by atoms with E-state index in [-0.39, 0.29) is 41.8 Å². The first kappa shape index (κ1) is 23.8. The summed E-state index contributed by atoms with van der Waals surface area (Å²) >= 11 is 0. The van der Waals surface area contributed by atoms with E-state index in [9.17, 15) is 22.8 Å². The molecule has 3 amide bonds. The van der Waals surface area contributed by atoms with E-state index in [1.165, 1.54) is 28.6 Å². The van der Waals surface area contributed by atoms with Crippen LogP contribution >= 0.6 is 0 Å². The zero-order chi connectivity index (χ0) is 22.5. The molecule has 0 saturated carbocycles. The number of nitrogens with one attached hydrogen (secondary N) is 2. The molecular weight excluding hydrogens is 414 g/mol. The highest BCUT2D eigenvalue weighted by Gasteiger charge is 2.32. The van der Waals surface area contributed by atoms with E-state index < -0.39 is 34.5 Å².